The molecule has 4 heteroatoms. The molecule has 3 rings (SSSR count). The molecule has 1 aliphatic heterocycles. The van der Waals surface area contributed by atoms with Crippen LogP contribution in [0.5, 0.6) is 0 Å². The average molecular weight is 259 g/mol. The van der Waals surface area contributed by atoms with Crippen molar-refractivity contribution in [1.82, 2.24) is 14.3 Å². The minimum atomic E-state index is 0.308. The standard InChI is InChI=1S/C15H21N3O/c1-12-4-5-15-16-7-14(18(15)8-12)10-17-6-2-3-13(9-17)11-19/h4-5,7-8,13,19H,2-3,6,9-11H2,1H3. The van der Waals surface area contributed by atoms with E-state index in [1.54, 1.807) is 0 Å². The van der Waals surface area contributed by atoms with E-state index in [2.05, 4.69) is 39.5 Å². The van der Waals surface area contributed by atoms with Crippen LogP contribution in [0, 0.1) is 12.8 Å². The maximum absolute atomic E-state index is 9.30. The molecular formula is C15H21N3O. The second-order valence-electron chi connectivity index (χ2n) is 5.61. The maximum Gasteiger partial charge on any atom is 0.136 e. The van der Waals surface area contributed by atoms with Gasteiger partial charge in [0.05, 0.1) is 11.9 Å². The number of likely N-dealkylation sites (tertiary alicyclic amines) is 1. The predicted molar refractivity (Wildman–Crippen MR) is 75.0 cm³/mol. The molecule has 0 spiro atoms. The molecule has 1 fully saturated rings. The van der Waals surface area contributed by atoms with Gasteiger partial charge in [0.2, 0.25) is 0 Å². The third-order valence-electron chi connectivity index (χ3n) is 3.98. The van der Waals surface area contributed by atoms with Gasteiger partial charge in [-0.3, -0.25) is 4.90 Å². The first-order valence-electron chi connectivity index (χ1n) is 7.02. The zero-order valence-corrected chi connectivity index (χ0v) is 11.4. The largest absolute Gasteiger partial charge is 0.396 e. The number of aliphatic hydroxyl groups is 1. The Kier molecular flexibility index (Phi) is 3.53. The van der Waals surface area contributed by atoms with Crippen LogP contribution in [0.25, 0.3) is 5.65 Å². The van der Waals surface area contributed by atoms with Gasteiger partial charge in [-0.1, -0.05) is 6.07 Å². The fraction of sp³-hybridized carbons (Fsp3) is 0.533. The summed E-state index contributed by atoms with van der Waals surface area (Å²) >= 11 is 0. The molecule has 1 saturated heterocycles. The number of aliphatic hydroxyl groups excluding tert-OH is 1. The summed E-state index contributed by atoms with van der Waals surface area (Å²) in [6.07, 6.45) is 6.45. The first-order valence-corrected chi connectivity index (χ1v) is 7.02. The summed E-state index contributed by atoms with van der Waals surface area (Å²) in [5.74, 6) is 0.440. The number of imidazole rings is 1. The van der Waals surface area contributed by atoms with E-state index in [9.17, 15) is 5.11 Å². The lowest BCUT2D eigenvalue weighted by Gasteiger charge is -2.31. The van der Waals surface area contributed by atoms with Crippen molar-refractivity contribution in [2.45, 2.75) is 26.3 Å². The van der Waals surface area contributed by atoms with Crippen LogP contribution in [0.1, 0.15) is 24.1 Å². The number of piperidine rings is 1. The van der Waals surface area contributed by atoms with Crippen LogP contribution in [-0.2, 0) is 6.54 Å². The van der Waals surface area contributed by atoms with E-state index in [0.717, 1.165) is 31.7 Å². The second kappa shape index (κ2) is 5.31. The smallest absolute Gasteiger partial charge is 0.136 e. The number of aryl methyl sites for hydroxylation is 1. The fourth-order valence-electron chi connectivity index (χ4n) is 2.93. The zero-order chi connectivity index (χ0) is 13.2. The molecule has 1 unspecified atom stereocenters. The first-order chi connectivity index (χ1) is 9.26. The molecule has 4 nitrogen and oxygen atoms in total. The minimum Gasteiger partial charge on any atom is -0.396 e. The molecular weight excluding hydrogens is 238 g/mol. The van der Waals surface area contributed by atoms with Gasteiger partial charge < -0.3 is 9.51 Å². The van der Waals surface area contributed by atoms with Crippen LogP contribution in [-0.4, -0.2) is 39.1 Å². The number of aromatic nitrogens is 2. The van der Waals surface area contributed by atoms with Gasteiger partial charge in [-0.25, -0.2) is 4.98 Å². The van der Waals surface area contributed by atoms with Gasteiger partial charge in [0.1, 0.15) is 5.65 Å². The van der Waals surface area contributed by atoms with E-state index in [0.29, 0.717) is 12.5 Å². The van der Waals surface area contributed by atoms with E-state index in [-0.39, 0.29) is 0 Å². The molecule has 102 valence electrons. The Bertz CT molecular complexity index is 564. The summed E-state index contributed by atoms with van der Waals surface area (Å²) in [4.78, 5) is 6.88. The summed E-state index contributed by atoms with van der Waals surface area (Å²) in [7, 11) is 0. The van der Waals surface area contributed by atoms with Crippen molar-refractivity contribution >= 4 is 5.65 Å². The van der Waals surface area contributed by atoms with Crippen LogP contribution in [0.2, 0.25) is 0 Å². The highest BCUT2D eigenvalue weighted by Gasteiger charge is 2.20. The molecule has 3 heterocycles. The molecule has 0 radical (unpaired) electrons. The van der Waals surface area contributed by atoms with E-state index in [4.69, 9.17) is 0 Å². The van der Waals surface area contributed by atoms with Crippen molar-refractivity contribution in [3.8, 4) is 0 Å². The highest BCUT2D eigenvalue weighted by Crippen LogP contribution is 2.18. The molecule has 0 aliphatic carbocycles. The Balaban J connectivity index is 1.79. The van der Waals surface area contributed by atoms with E-state index in [1.807, 2.05) is 6.20 Å². The Morgan fingerprint density at radius 3 is 3.16 bits per heavy atom. The van der Waals surface area contributed by atoms with Crippen molar-refractivity contribution in [3.63, 3.8) is 0 Å². The van der Waals surface area contributed by atoms with Gasteiger partial charge in [0.15, 0.2) is 0 Å². The average Bonchev–Trinajstić information content (AvgIpc) is 2.81. The lowest BCUT2D eigenvalue weighted by Crippen LogP contribution is -2.36. The van der Waals surface area contributed by atoms with Gasteiger partial charge in [-0.15, -0.1) is 0 Å². The van der Waals surface area contributed by atoms with Crippen molar-refractivity contribution in [3.05, 3.63) is 35.8 Å². The van der Waals surface area contributed by atoms with E-state index in [1.165, 1.54) is 17.7 Å². The van der Waals surface area contributed by atoms with E-state index < -0.39 is 0 Å². The van der Waals surface area contributed by atoms with Crippen molar-refractivity contribution in [2.75, 3.05) is 19.7 Å². The summed E-state index contributed by atoms with van der Waals surface area (Å²) < 4.78 is 2.18. The minimum absolute atomic E-state index is 0.308. The van der Waals surface area contributed by atoms with Gasteiger partial charge >= 0.3 is 0 Å². The second-order valence-corrected chi connectivity index (χ2v) is 5.61. The summed E-state index contributed by atoms with van der Waals surface area (Å²) in [6, 6.07) is 4.15. The normalized spacial score (nSPS) is 21.1. The molecule has 1 N–H and O–H groups in total. The molecule has 1 aliphatic rings. The Morgan fingerprint density at radius 1 is 1.42 bits per heavy atom. The quantitative estimate of drug-likeness (QED) is 0.914. The molecule has 0 amide bonds. The van der Waals surface area contributed by atoms with Crippen molar-refractivity contribution in [1.29, 1.82) is 0 Å². The number of pyridine rings is 1. The molecule has 2 aromatic rings. The van der Waals surface area contributed by atoms with Crippen LogP contribution >= 0.6 is 0 Å². The Morgan fingerprint density at radius 2 is 2.32 bits per heavy atom. The Hall–Kier alpha value is -1.39. The molecule has 0 bridgehead atoms. The van der Waals surface area contributed by atoms with Crippen LogP contribution < -0.4 is 0 Å². The highest BCUT2D eigenvalue weighted by molar-refractivity contribution is 5.41. The summed E-state index contributed by atoms with van der Waals surface area (Å²) in [5, 5.41) is 9.30. The molecule has 1 atom stereocenters. The molecule has 19 heavy (non-hydrogen) atoms. The number of rotatable bonds is 3. The Labute approximate surface area is 113 Å². The van der Waals surface area contributed by atoms with Gasteiger partial charge in [0.25, 0.3) is 0 Å². The topological polar surface area (TPSA) is 40.8 Å². The lowest BCUT2D eigenvalue weighted by molar-refractivity contribution is 0.115. The number of hydrogen-bond donors (Lipinski definition) is 1. The van der Waals surface area contributed by atoms with E-state index >= 15 is 0 Å². The lowest BCUT2D eigenvalue weighted by atomic mass is 9.99. The monoisotopic (exact) mass is 259 g/mol. The molecule has 0 saturated carbocycles. The number of fused-ring (bicyclic) bond motifs is 1. The molecule has 2 aromatic heterocycles. The maximum atomic E-state index is 9.30. The van der Waals surface area contributed by atoms with Gasteiger partial charge in [0, 0.05) is 25.9 Å². The van der Waals surface area contributed by atoms with Gasteiger partial charge in [-0.05, 0) is 43.9 Å². The number of hydrogen-bond acceptors (Lipinski definition) is 3. The first kappa shape index (κ1) is 12.6. The van der Waals surface area contributed by atoms with Crippen molar-refractivity contribution in [2.24, 2.45) is 5.92 Å². The third-order valence-corrected chi connectivity index (χ3v) is 3.98. The molecule has 0 aromatic carbocycles. The fourth-order valence-corrected chi connectivity index (χ4v) is 2.93. The number of nitrogens with zero attached hydrogens (tertiary/aromatic N) is 3. The zero-order valence-electron chi connectivity index (χ0n) is 11.4. The summed E-state index contributed by atoms with van der Waals surface area (Å²) in [6.45, 7) is 5.45. The summed E-state index contributed by atoms with van der Waals surface area (Å²) in [5.41, 5.74) is 3.49. The van der Waals surface area contributed by atoms with Gasteiger partial charge in [-0.2, -0.15) is 0 Å². The van der Waals surface area contributed by atoms with Crippen LogP contribution in [0.3, 0.4) is 0 Å². The van der Waals surface area contributed by atoms with Crippen LogP contribution in [0.15, 0.2) is 24.5 Å². The third kappa shape index (κ3) is 2.65. The van der Waals surface area contributed by atoms with Crippen molar-refractivity contribution < 1.29 is 5.11 Å². The highest BCUT2D eigenvalue weighted by atomic mass is 16.3. The van der Waals surface area contributed by atoms with Crippen LogP contribution in [0.4, 0.5) is 0 Å². The predicted octanol–water partition coefficient (Wildman–Crippen LogP) is 1.85. The SMILES string of the molecule is Cc1ccc2ncc(CN3CCCC(CO)C3)n2c1.